The minimum absolute atomic E-state index is 0. The average Bonchev–Trinajstić information content (AvgIpc) is 3.25. The van der Waals surface area contributed by atoms with Gasteiger partial charge in [0.1, 0.15) is 5.52 Å². The number of nitrogens with zero attached hydrogens (tertiary/aromatic N) is 2. The summed E-state index contributed by atoms with van der Waals surface area (Å²) in [4.78, 5) is 19.0. The maximum atomic E-state index is 12.4. The van der Waals surface area contributed by atoms with E-state index < -0.39 is 0 Å². The molecule has 0 aliphatic carbocycles. The summed E-state index contributed by atoms with van der Waals surface area (Å²) in [5.41, 5.74) is 1.65. The number of carbonyl (C=O) groups excluding carboxylic acids is 1. The highest BCUT2D eigenvalue weighted by atomic mass is 35.5. The molecule has 2 aromatic rings. The van der Waals surface area contributed by atoms with Crippen molar-refractivity contribution in [2.75, 3.05) is 37.6 Å². The molecule has 0 radical (unpaired) electrons. The van der Waals surface area contributed by atoms with E-state index in [0.29, 0.717) is 19.1 Å². The molecule has 0 spiro atoms. The van der Waals surface area contributed by atoms with Crippen LogP contribution in [0.4, 0.5) is 6.01 Å². The normalized spacial score (nSPS) is 22.9. The van der Waals surface area contributed by atoms with Crippen LogP contribution in [0, 0.1) is 11.8 Å². The minimum atomic E-state index is -0.360. The minimum Gasteiger partial charge on any atom is -0.423 e. The molecule has 2 unspecified atom stereocenters. The van der Waals surface area contributed by atoms with Crippen molar-refractivity contribution in [3.63, 3.8) is 0 Å². The Kier molecular flexibility index (Phi) is 7.73. The van der Waals surface area contributed by atoms with E-state index in [-0.39, 0.29) is 48.7 Å². The standard InChI is InChI=1S/C18H24N4O3.2ClH/c23-15-11-19-9-13(15)10-20-17(24)12-5-7-22(8-6-12)18-21-14-3-1-2-4-16(14)25-18;;/h1-4,12-13,15,19,23H,5-11H2,(H,20,24);2*1H. The summed E-state index contributed by atoms with van der Waals surface area (Å²) < 4.78 is 5.81. The molecule has 0 bridgehead atoms. The summed E-state index contributed by atoms with van der Waals surface area (Å²) >= 11 is 0. The monoisotopic (exact) mass is 416 g/mol. The van der Waals surface area contributed by atoms with Gasteiger partial charge >= 0.3 is 0 Å². The van der Waals surface area contributed by atoms with E-state index in [4.69, 9.17) is 4.42 Å². The SMILES string of the molecule is Cl.Cl.O=C(NCC1CNCC1O)C1CCN(c2nc3ccccc3o2)CC1. The molecule has 2 fully saturated rings. The van der Waals surface area contributed by atoms with Crippen LogP contribution < -0.4 is 15.5 Å². The molecule has 1 aromatic carbocycles. The third-order valence-corrected chi connectivity index (χ3v) is 5.26. The van der Waals surface area contributed by atoms with Crippen LogP contribution in [0.25, 0.3) is 11.1 Å². The van der Waals surface area contributed by atoms with Gasteiger partial charge < -0.3 is 25.1 Å². The highest BCUT2D eigenvalue weighted by Gasteiger charge is 2.29. The van der Waals surface area contributed by atoms with Crippen LogP contribution in [0.5, 0.6) is 0 Å². The number of oxazole rings is 1. The van der Waals surface area contributed by atoms with Crippen LogP contribution in [0.15, 0.2) is 28.7 Å². The third kappa shape index (κ3) is 4.85. The van der Waals surface area contributed by atoms with Crippen molar-refractivity contribution in [2.45, 2.75) is 18.9 Å². The average molecular weight is 417 g/mol. The highest BCUT2D eigenvalue weighted by molar-refractivity contribution is 5.85. The van der Waals surface area contributed by atoms with E-state index in [9.17, 15) is 9.90 Å². The molecule has 150 valence electrons. The molecule has 2 saturated heterocycles. The third-order valence-electron chi connectivity index (χ3n) is 5.26. The first-order valence-corrected chi connectivity index (χ1v) is 8.98. The number of benzene rings is 1. The van der Waals surface area contributed by atoms with Gasteiger partial charge in [0.15, 0.2) is 5.58 Å². The molecular formula is C18H26Cl2N4O3. The van der Waals surface area contributed by atoms with E-state index in [0.717, 1.165) is 43.6 Å². The van der Waals surface area contributed by atoms with E-state index in [1.165, 1.54) is 0 Å². The molecule has 2 aliphatic rings. The number of aliphatic hydroxyl groups excluding tert-OH is 1. The zero-order valence-corrected chi connectivity index (χ0v) is 16.6. The molecule has 3 N–H and O–H groups in total. The smallest absolute Gasteiger partial charge is 0.298 e. The topological polar surface area (TPSA) is 90.6 Å². The van der Waals surface area contributed by atoms with Gasteiger partial charge in [0.2, 0.25) is 5.91 Å². The fourth-order valence-corrected chi connectivity index (χ4v) is 3.63. The van der Waals surface area contributed by atoms with Crippen molar-refractivity contribution >= 4 is 47.8 Å². The second-order valence-electron chi connectivity index (χ2n) is 6.96. The van der Waals surface area contributed by atoms with E-state index in [2.05, 4.69) is 20.5 Å². The maximum absolute atomic E-state index is 12.4. The second-order valence-corrected chi connectivity index (χ2v) is 6.96. The fourth-order valence-electron chi connectivity index (χ4n) is 3.63. The number of fused-ring (bicyclic) bond motifs is 1. The van der Waals surface area contributed by atoms with Crippen molar-refractivity contribution in [3.05, 3.63) is 24.3 Å². The molecule has 4 rings (SSSR count). The van der Waals surface area contributed by atoms with Crippen molar-refractivity contribution in [1.82, 2.24) is 15.6 Å². The Balaban J connectivity index is 0.00000131. The Labute approximate surface area is 170 Å². The molecule has 0 saturated carbocycles. The van der Waals surface area contributed by atoms with Gasteiger partial charge in [-0.05, 0) is 25.0 Å². The summed E-state index contributed by atoms with van der Waals surface area (Å²) in [6.07, 6.45) is 1.22. The van der Waals surface area contributed by atoms with Gasteiger partial charge in [-0.3, -0.25) is 4.79 Å². The fraction of sp³-hybridized carbons (Fsp3) is 0.556. The first kappa shape index (κ1) is 21.8. The number of rotatable bonds is 4. The Hall–Kier alpha value is -1.54. The lowest BCUT2D eigenvalue weighted by atomic mass is 9.95. The number of aliphatic hydroxyl groups is 1. The Morgan fingerprint density at radius 3 is 2.67 bits per heavy atom. The predicted molar refractivity (Wildman–Crippen MR) is 109 cm³/mol. The number of para-hydroxylation sites is 2. The lowest BCUT2D eigenvalue weighted by Crippen LogP contribution is -2.43. The zero-order chi connectivity index (χ0) is 17.2. The number of amides is 1. The molecular weight excluding hydrogens is 391 g/mol. The number of β-amino-alcohol motifs (C(OH)–C–C–N with tert-alkyl or cyclic N) is 1. The van der Waals surface area contributed by atoms with Crippen molar-refractivity contribution in [1.29, 1.82) is 0 Å². The number of carbonyl (C=O) groups is 1. The number of hydrogen-bond donors (Lipinski definition) is 3. The van der Waals surface area contributed by atoms with Crippen LogP contribution >= 0.6 is 24.8 Å². The molecule has 2 aliphatic heterocycles. The quantitative estimate of drug-likeness (QED) is 0.700. The molecule has 1 aromatic heterocycles. The highest BCUT2D eigenvalue weighted by Crippen LogP contribution is 2.26. The first-order valence-electron chi connectivity index (χ1n) is 8.98. The van der Waals surface area contributed by atoms with Crippen LogP contribution in [0.2, 0.25) is 0 Å². The van der Waals surface area contributed by atoms with E-state index >= 15 is 0 Å². The first-order chi connectivity index (χ1) is 12.2. The summed E-state index contributed by atoms with van der Waals surface area (Å²) in [5, 5.41) is 15.9. The van der Waals surface area contributed by atoms with Gasteiger partial charge in [-0.15, -0.1) is 24.8 Å². The van der Waals surface area contributed by atoms with Gasteiger partial charge in [-0.1, -0.05) is 12.1 Å². The van der Waals surface area contributed by atoms with Crippen LogP contribution in [-0.4, -0.2) is 54.8 Å². The van der Waals surface area contributed by atoms with Gasteiger partial charge in [0, 0.05) is 44.6 Å². The van der Waals surface area contributed by atoms with Crippen LogP contribution in [-0.2, 0) is 4.79 Å². The lowest BCUT2D eigenvalue weighted by Gasteiger charge is -2.30. The van der Waals surface area contributed by atoms with Gasteiger partial charge in [-0.25, -0.2) is 0 Å². The van der Waals surface area contributed by atoms with Crippen LogP contribution in [0.3, 0.4) is 0 Å². The van der Waals surface area contributed by atoms with Crippen LogP contribution in [0.1, 0.15) is 12.8 Å². The Morgan fingerprint density at radius 2 is 2.00 bits per heavy atom. The number of aromatic nitrogens is 1. The molecule has 7 nitrogen and oxygen atoms in total. The van der Waals surface area contributed by atoms with Gasteiger partial charge in [0.05, 0.1) is 6.10 Å². The molecule has 9 heteroatoms. The Bertz CT molecular complexity index is 716. The number of anilines is 1. The van der Waals surface area contributed by atoms with Crippen molar-refractivity contribution in [2.24, 2.45) is 11.8 Å². The van der Waals surface area contributed by atoms with Gasteiger partial charge in [0.25, 0.3) is 6.01 Å². The maximum Gasteiger partial charge on any atom is 0.298 e. The molecule has 2 atom stereocenters. The summed E-state index contributed by atoms with van der Waals surface area (Å²) in [5.74, 6) is 0.229. The largest absolute Gasteiger partial charge is 0.423 e. The van der Waals surface area contributed by atoms with Gasteiger partial charge in [-0.2, -0.15) is 4.98 Å². The Morgan fingerprint density at radius 1 is 1.26 bits per heavy atom. The van der Waals surface area contributed by atoms with Crippen molar-refractivity contribution in [3.8, 4) is 0 Å². The molecule has 1 amide bonds. The number of halogens is 2. The second kappa shape index (κ2) is 9.59. The number of piperidine rings is 1. The summed E-state index contributed by atoms with van der Waals surface area (Å²) in [7, 11) is 0. The summed E-state index contributed by atoms with van der Waals surface area (Å²) in [6, 6.07) is 8.38. The van der Waals surface area contributed by atoms with E-state index in [1.54, 1.807) is 0 Å². The number of nitrogens with one attached hydrogen (secondary N) is 2. The molecule has 3 heterocycles. The van der Waals surface area contributed by atoms with E-state index in [1.807, 2.05) is 24.3 Å². The van der Waals surface area contributed by atoms with Crippen molar-refractivity contribution < 1.29 is 14.3 Å². The molecule has 27 heavy (non-hydrogen) atoms. The lowest BCUT2D eigenvalue weighted by molar-refractivity contribution is -0.125. The predicted octanol–water partition coefficient (Wildman–Crippen LogP) is 1.58. The summed E-state index contributed by atoms with van der Waals surface area (Å²) in [6.45, 7) is 3.44. The zero-order valence-electron chi connectivity index (χ0n) is 15.0. The number of hydrogen-bond acceptors (Lipinski definition) is 6.